The van der Waals surface area contributed by atoms with Gasteiger partial charge in [0.05, 0.1) is 0 Å². The molecule has 0 saturated carbocycles. The Bertz CT molecular complexity index is 750. The molecule has 3 N–H and O–H groups in total. The molecule has 0 radical (unpaired) electrons. The average Bonchev–Trinajstić information content (AvgIpc) is 2.61. The van der Waals surface area contributed by atoms with E-state index in [1.165, 1.54) is 26.8 Å². The van der Waals surface area contributed by atoms with E-state index in [-0.39, 0.29) is 12.1 Å². The van der Waals surface area contributed by atoms with Gasteiger partial charge in [0.15, 0.2) is 0 Å². The number of aliphatic hydroxyl groups excluding tert-OH is 1. The van der Waals surface area contributed by atoms with Crippen LogP contribution in [-0.4, -0.2) is 69.4 Å². The molecule has 0 spiro atoms. The molecule has 3 nitrogen and oxygen atoms in total. The third-order valence-corrected chi connectivity index (χ3v) is 6.63. The van der Waals surface area contributed by atoms with Crippen molar-refractivity contribution in [1.82, 2.24) is 0 Å². The Hall–Kier alpha value is -1.04. The Kier molecular flexibility index (Phi) is 8.65. The second-order valence-electron chi connectivity index (χ2n) is 6.96. The molecule has 0 aromatic carbocycles. The minimum Gasteiger partial charge on any atom is -0.508 e. The van der Waals surface area contributed by atoms with Gasteiger partial charge in [0.2, 0.25) is 0 Å². The summed E-state index contributed by atoms with van der Waals surface area (Å²) in [6, 6.07) is 0. The SMILES string of the molecule is B/C1=C(B)/C(B)=C(/B)C(=C)S/C(=C(B)/C(B)=C(/CB(O)O)C(=C)O)CC1. The summed E-state index contributed by atoms with van der Waals surface area (Å²) in [6.07, 6.45) is 1.78. The van der Waals surface area contributed by atoms with E-state index in [0.29, 0.717) is 5.57 Å². The molecular weight excluding hydrogens is 336 g/mol. The first kappa shape index (κ1) is 23.0. The second-order valence-corrected chi connectivity index (χ2v) is 8.15. The number of aliphatic hydroxyl groups is 1. The van der Waals surface area contributed by atoms with Crippen molar-refractivity contribution in [2.45, 2.75) is 19.2 Å². The highest BCUT2D eigenvalue weighted by Gasteiger charge is 2.19. The van der Waals surface area contributed by atoms with Crippen molar-refractivity contribution in [3.05, 3.63) is 67.1 Å². The maximum absolute atomic E-state index is 9.89. The molecule has 1 aliphatic rings. The second kappa shape index (κ2) is 9.77. The van der Waals surface area contributed by atoms with Gasteiger partial charge in [0.25, 0.3) is 0 Å². The molecule has 0 unspecified atom stereocenters. The Morgan fingerprint density at radius 3 is 2.12 bits per heavy atom. The van der Waals surface area contributed by atoms with Crippen LogP contribution in [0, 0.1) is 0 Å². The van der Waals surface area contributed by atoms with Crippen molar-refractivity contribution in [3.8, 4) is 0 Å². The molecular formula is C15H25B7O3S. The number of thioether (sulfide) groups is 1. The zero-order valence-electron chi connectivity index (χ0n) is 16.9. The fourth-order valence-electron chi connectivity index (χ4n) is 2.94. The van der Waals surface area contributed by atoms with Crippen molar-refractivity contribution in [1.29, 1.82) is 0 Å². The largest absolute Gasteiger partial charge is 0.508 e. The van der Waals surface area contributed by atoms with Gasteiger partial charge in [-0.05, 0) is 28.2 Å². The predicted octanol–water partition coefficient (Wildman–Crippen LogP) is -2.74. The first-order valence-electron chi connectivity index (χ1n) is 8.82. The van der Waals surface area contributed by atoms with Crippen molar-refractivity contribution in [2.75, 3.05) is 0 Å². The van der Waals surface area contributed by atoms with Gasteiger partial charge in [-0.2, -0.15) is 0 Å². The van der Waals surface area contributed by atoms with Gasteiger partial charge in [-0.1, -0.05) is 41.3 Å². The molecule has 0 aliphatic carbocycles. The molecule has 0 aromatic heterocycles. The van der Waals surface area contributed by atoms with Crippen LogP contribution in [0.4, 0.5) is 0 Å². The minimum absolute atomic E-state index is 0.0481. The van der Waals surface area contributed by atoms with Crippen molar-refractivity contribution in [2.24, 2.45) is 0 Å². The highest BCUT2D eigenvalue weighted by atomic mass is 32.2. The predicted molar refractivity (Wildman–Crippen MR) is 132 cm³/mol. The fraction of sp³-hybridized carbons (Fsp3) is 0.200. The molecule has 0 amide bonds. The van der Waals surface area contributed by atoms with Crippen LogP contribution in [-0.2, 0) is 0 Å². The van der Waals surface area contributed by atoms with Crippen LogP contribution in [0.25, 0.3) is 0 Å². The monoisotopic (exact) mass is 362 g/mol. The van der Waals surface area contributed by atoms with Crippen LogP contribution in [0.1, 0.15) is 12.8 Å². The third kappa shape index (κ3) is 5.73. The Labute approximate surface area is 167 Å². The lowest BCUT2D eigenvalue weighted by Gasteiger charge is -2.18. The van der Waals surface area contributed by atoms with E-state index in [4.69, 9.17) is 0 Å². The van der Waals surface area contributed by atoms with E-state index < -0.39 is 7.12 Å². The molecule has 0 saturated heterocycles. The average molecular weight is 361 g/mol. The smallest absolute Gasteiger partial charge is 0.456 e. The van der Waals surface area contributed by atoms with Gasteiger partial charge in [-0.25, -0.2) is 0 Å². The Balaban J connectivity index is 3.47. The van der Waals surface area contributed by atoms with Crippen LogP contribution >= 0.6 is 11.8 Å². The highest BCUT2D eigenvalue weighted by Crippen LogP contribution is 2.38. The molecule has 1 heterocycles. The summed E-state index contributed by atoms with van der Waals surface area (Å²) in [5, 5.41) is 28.5. The van der Waals surface area contributed by atoms with E-state index in [1.807, 2.05) is 15.7 Å². The Morgan fingerprint density at radius 2 is 1.62 bits per heavy atom. The summed E-state index contributed by atoms with van der Waals surface area (Å²) < 4.78 is 0. The van der Waals surface area contributed by atoms with Crippen molar-refractivity contribution >= 4 is 66.0 Å². The number of rotatable bonds is 4. The maximum Gasteiger partial charge on any atom is 0.456 e. The highest BCUT2D eigenvalue weighted by molar-refractivity contribution is 8.07. The molecule has 11 heteroatoms. The zero-order chi connectivity index (χ0) is 20.2. The minimum atomic E-state index is -1.52. The lowest BCUT2D eigenvalue weighted by molar-refractivity contribution is 0.398. The van der Waals surface area contributed by atoms with Gasteiger partial charge in [-0.3, -0.25) is 0 Å². The molecule has 0 atom stereocenters. The van der Waals surface area contributed by atoms with Crippen molar-refractivity contribution in [3.63, 3.8) is 0 Å². The molecule has 26 heavy (non-hydrogen) atoms. The van der Waals surface area contributed by atoms with E-state index in [0.717, 1.165) is 28.7 Å². The van der Waals surface area contributed by atoms with Crippen LogP contribution in [0.3, 0.4) is 0 Å². The zero-order valence-corrected chi connectivity index (χ0v) is 17.7. The number of hydrogen-bond acceptors (Lipinski definition) is 4. The van der Waals surface area contributed by atoms with E-state index >= 15 is 0 Å². The summed E-state index contributed by atoms with van der Waals surface area (Å²) in [5.41, 5.74) is 7.49. The quantitative estimate of drug-likeness (QED) is 0.289. The molecule has 1 aliphatic heterocycles. The van der Waals surface area contributed by atoms with Gasteiger partial charge < -0.3 is 15.2 Å². The first-order valence-corrected chi connectivity index (χ1v) is 9.64. The molecule has 0 fully saturated rings. The number of hydrogen-bond donors (Lipinski definition) is 3. The van der Waals surface area contributed by atoms with Gasteiger partial charge >= 0.3 is 7.12 Å². The summed E-state index contributed by atoms with van der Waals surface area (Å²) in [5.74, 6) is -0.124. The maximum atomic E-state index is 9.89. The normalized spacial score (nSPS) is 24.9. The van der Waals surface area contributed by atoms with E-state index in [2.05, 4.69) is 44.5 Å². The lowest BCUT2D eigenvalue weighted by atomic mass is 9.65. The topological polar surface area (TPSA) is 60.7 Å². The number of allylic oxidation sites excluding steroid dienone is 8. The standard InChI is InChI=1S/C15H25B7O3S/c1-6(23)8(5-22(24)25)12(18)14(20)10-4-3-9(16)13(19)15(21)11(17)7(2)26-10/h23-25H,1-5,16-21H2/b12-8+,13-9-,14-10-,15-11-. The molecule has 0 bridgehead atoms. The van der Waals surface area contributed by atoms with E-state index in [1.54, 1.807) is 11.8 Å². The van der Waals surface area contributed by atoms with Crippen LogP contribution in [0.15, 0.2) is 67.1 Å². The Morgan fingerprint density at radius 1 is 1.04 bits per heavy atom. The summed E-state index contributed by atoms with van der Waals surface area (Å²) in [6.45, 7) is 7.83. The van der Waals surface area contributed by atoms with Gasteiger partial charge in [0, 0.05) is 6.32 Å². The van der Waals surface area contributed by atoms with Gasteiger partial charge in [-0.15, -0.1) is 16.4 Å². The summed E-state index contributed by atoms with van der Waals surface area (Å²) >= 11 is 1.66. The summed E-state index contributed by atoms with van der Waals surface area (Å²) in [7, 11) is 10.9. The summed E-state index contributed by atoms with van der Waals surface area (Å²) in [4.78, 5) is 2.20. The van der Waals surface area contributed by atoms with Crippen LogP contribution in [0.5, 0.6) is 0 Å². The first-order chi connectivity index (χ1) is 12.0. The fourth-order valence-corrected chi connectivity index (χ4v) is 4.06. The molecule has 1 rings (SSSR count). The van der Waals surface area contributed by atoms with E-state index in [9.17, 15) is 15.2 Å². The third-order valence-electron chi connectivity index (χ3n) is 5.33. The lowest BCUT2D eigenvalue weighted by Crippen LogP contribution is -2.14. The molecule has 130 valence electrons. The molecule has 0 aromatic rings. The van der Waals surface area contributed by atoms with Crippen molar-refractivity contribution < 1.29 is 15.2 Å². The van der Waals surface area contributed by atoms with Gasteiger partial charge in [0.1, 0.15) is 52.8 Å². The van der Waals surface area contributed by atoms with Crippen LogP contribution in [0.2, 0.25) is 6.32 Å². The van der Waals surface area contributed by atoms with Crippen LogP contribution < -0.4 is 0 Å².